The molecule has 0 aromatic heterocycles. The Kier molecular flexibility index (Phi) is 6.76. The van der Waals surface area contributed by atoms with Crippen LogP contribution in [0.5, 0.6) is 5.75 Å². The predicted octanol–water partition coefficient (Wildman–Crippen LogP) is 5.53. The number of aryl methyl sites for hydroxylation is 3. The van der Waals surface area contributed by atoms with Gasteiger partial charge in [-0.15, -0.1) is 0 Å². The molecule has 1 heterocycles. The summed E-state index contributed by atoms with van der Waals surface area (Å²) in [5, 5.41) is 2.64. The maximum absolute atomic E-state index is 13.2. The van der Waals surface area contributed by atoms with Crippen LogP contribution in [-0.2, 0) is 16.0 Å². The summed E-state index contributed by atoms with van der Waals surface area (Å²) < 4.78 is 5.60. The van der Waals surface area contributed by atoms with Gasteiger partial charge < -0.3 is 4.74 Å². The Bertz CT molecular complexity index is 1370. The van der Waals surface area contributed by atoms with Crippen LogP contribution in [-0.4, -0.2) is 25.0 Å². The molecule has 0 unspecified atom stereocenters. The summed E-state index contributed by atoms with van der Waals surface area (Å²) in [6.07, 6.45) is 2.13. The molecule has 3 aromatic rings. The van der Waals surface area contributed by atoms with Crippen molar-refractivity contribution in [2.45, 2.75) is 27.2 Å². The van der Waals surface area contributed by atoms with Crippen LogP contribution in [0, 0.1) is 20.8 Å². The van der Waals surface area contributed by atoms with Gasteiger partial charge in [0.25, 0.3) is 11.8 Å². The quantitative estimate of drug-likeness (QED) is 0.378. The third kappa shape index (κ3) is 5.12. The fourth-order valence-electron chi connectivity index (χ4n) is 4.17. The number of ether oxygens (including phenoxy) is 1. The Morgan fingerprint density at radius 1 is 0.943 bits per heavy atom. The zero-order valence-electron chi connectivity index (χ0n) is 19.9. The highest BCUT2D eigenvalue weighted by Gasteiger charge is 2.37. The van der Waals surface area contributed by atoms with Gasteiger partial charge in [0.05, 0.1) is 12.8 Å². The lowest BCUT2D eigenvalue weighted by molar-refractivity contribution is -0.122. The minimum absolute atomic E-state index is 0.162. The van der Waals surface area contributed by atoms with Gasteiger partial charge in [-0.2, -0.15) is 0 Å². The van der Waals surface area contributed by atoms with Crippen LogP contribution in [0.4, 0.5) is 10.5 Å². The van der Waals surface area contributed by atoms with Crippen LogP contribution in [0.25, 0.3) is 6.08 Å². The lowest BCUT2D eigenvalue weighted by Crippen LogP contribution is -2.54. The zero-order chi connectivity index (χ0) is 25.3. The molecule has 4 rings (SSSR count). The highest BCUT2D eigenvalue weighted by Crippen LogP contribution is 2.28. The lowest BCUT2D eigenvalue weighted by Gasteiger charge is -2.26. The van der Waals surface area contributed by atoms with Crippen molar-refractivity contribution in [3.05, 3.63) is 98.6 Å². The van der Waals surface area contributed by atoms with Gasteiger partial charge in [0.2, 0.25) is 0 Å². The normalized spacial score (nSPS) is 14.9. The molecule has 1 saturated heterocycles. The van der Waals surface area contributed by atoms with Crippen molar-refractivity contribution in [1.29, 1.82) is 0 Å². The van der Waals surface area contributed by atoms with Gasteiger partial charge in [0.15, 0.2) is 0 Å². The summed E-state index contributed by atoms with van der Waals surface area (Å²) in [5.41, 5.74) is 6.05. The van der Waals surface area contributed by atoms with E-state index in [1.165, 1.54) is 28.8 Å². The maximum atomic E-state index is 13.2. The second-order valence-electron chi connectivity index (χ2n) is 8.64. The second kappa shape index (κ2) is 9.76. The van der Waals surface area contributed by atoms with E-state index >= 15 is 0 Å². The van der Waals surface area contributed by atoms with Crippen molar-refractivity contribution in [1.82, 2.24) is 5.32 Å². The lowest BCUT2D eigenvalue weighted by atomic mass is 9.98. The first-order valence-electron chi connectivity index (χ1n) is 11.1. The third-order valence-corrected chi connectivity index (χ3v) is 6.22. The third-order valence-electron chi connectivity index (χ3n) is 5.81. The topological polar surface area (TPSA) is 75.7 Å². The number of carbonyl (C=O) groups excluding carboxylic acids is 3. The number of hydrogen-bond donors (Lipinski definition) is 1. The van der Waals surface area contributed by atoms with Crippen molar-refractivity contribution in [3.8, 4) is 5.75 Å². The first kappa shape index (κ1) is 24.2. The standard InChI is InChI=1S/C28H25ClN2O4/c1-16-9-17(2)11-20(10-16)12-21-7-6-19(14-25(21)35-4)13-23-26(32)30-28(34)31(27(23)33)22-8-5-18(3)24(29)15-22/h5-11,13-15H,12H2,1-4H3,(H,30,32,34)/b23-13+. The van der Waals surface area contributed by atoms with Crippen LogP contribution < -0.4 is 15.0 Å². The van der Waals surface area contributed by atoms with Crippen molar-refractivity contribution >= 4 is 41.2 Å². The number of imide groups is 2. The highest BCUT2D eigenvalue weighted by molar-refractivity contribution is 6.39. The number of nitrogens with one attached hydrogen (secondary N) is 1. The summed E-state index contributed by atoms with van der Waals surface area (Å²) in [6.45, 7) is 5.94. The van der Waals surface area contributed by atoms with Crippen LogP contribution in [0.1, 0.15) is 33.4 Å². The Labute approximate surface area is 209 Å². The van der Waals surface area contributed by atoms with Crippen LogP contribution in [0.3, 0.4) is 0 Å². The smallest absolute Gasteiger partial charge is 0.335 e. The van der Waals surface area contributed by atoms with Gasteiger partial charge in [0.1, 0.15) is 11.3 Å². The molecule has 0 saturated carbocycles. The number of halogens is 1. The SMILES string of the molecule is COc1cc(/C=C2\C(=O)NC(=O)N(c3ccc(C)c(Cl)c3)C2=O)ccc1Cc1cc(C)cc(C)c1. The number of amides is 4. The molecular formula is C28H25ClN2O4. The van der Waals surface area contributed by atoms with E-state index in [0.29, 0.717) is 22.8 Å². The Morgan fingerprint density at radius 3 is 2.31 bits per heavy atom. The number of hydrogen-bond acceptors (Lipinski definition) is 4. The number of barbiturate groups is 1. The molecule has 1 N–H and O–H groups in total. The summed E-state index contributed by atoms with van der Waals surface area (Å²) >= 11 is 6.18. The molecular weight excluding hydrogens is 464 g/mol. The van der Waals surface area contributed by atoms with E-state index in [9.17, 15) is 14.4 Å². The van der Waals surface area contributed by atoms with Crippen molar-refractivity contribution in [2.75, 3.05) is 12.0 Å². The molecule has 178 valence electrons. The molecule has 1 aliphatic rings. The maximum Gasteiger partial charge on any atom is 0.335 e. The van der Waals surface area contributed by atoms with Crippen LogP contribution >= 0.6 is 11.6 Å². The summed E-state index contributed by atoms with van der Waals surface area (Å²) in [7, 11) is 1.58. The molecule has 1 fully saturated rings. The van der Waals surface area contributed by atoms with E-state index in [2.05, 4.69) is 37.4 Å². The van der Waals surface area contributed by atoms with Gasteiger partial charge in [-0.25, -0.2) is 9.69 Å². The number of methoxy groups -OCH3 is 1. The minimum atomic E-state index is -0.821. The van der Waals surface area contributed by atoms with Crippen LogP contribution in [0.15, 0.2) is 60.2 Å². The van der Waals surface area contributed by atoms with E-state index in [0.717, 1.165) is 16.0 Å². The van der Waals surface area contributed by atoms with Gasteiger partial charge in [-0.1, -0.05) is 59.1 Å². The fraction of sp³-hybridized carbons (Fsp3) is 0.179. The molecule has 1 aliphatic heterocycles. The first-order valence-corrected chi connectivity index (χ1v) is 11.5. The number of nitrogens with zero attached hydrogens (tertiary/aromatic N) is 1. The monoisotopic (exact) mass is 488 g/mol. The molecule has 4 amide bonds. The summed E-state index contributed by atoms with van der Waals surface area (Å²) in [4.78, 5) is 39.1. The zero-order valence-corrected chi connectivity index (χ0v) is 20.7. The molecule has 0 bridgehead atoms. The molecule has 0 atom stereocenters. The van der Waals surface area contributed by atoms with E-state index in [-0.39, 0.29) is 11.3 Å². The number of carbonyl (C=O) groups is 3. The molecule has 35 heavy (non-hydrogen) atoms. The highest BCUT2D eigenvalue weighted by atomic mass is 35.5. The number of benzene rings is 3. The number of rotatable bonds is 5. The average molecular weight is 489 g/mol. The van der Waals surface area contributed by atoms with E-state index < -0.39 is 17.8 Å². The minimum Gasteiger partial charge on any atom is -0.496 e. The van der Waals surface area contributed by atoms with Crippen LogP contribution in [0.2, 0.25) is 5.02 Å². The molecule has 7 heteroatoms. The average Bonchev–Trinajstić information content (AvgIpc) is 2.79. The molecule has 0 spiro atoms. The van der Waals surface area contributed by atoms with E-state index in [4.69, 9.17) is 16.3 Å². The van der Waals surface area contributed by atoms with Gasteiger partial charge in [0, 0.05) is 11.4 Å². The molecule has 0 radical (unpaired) electrons. The number of urea groups is 1. The van der Waals surface area contributed by atoms with Crippen molar-refractivity contribution in [3.63, 3.8) is 0 Å². The second-order valence-corrected chi connectivity index (χ2v) is 9.04. The molecule has 3 aromatic carbocycles. The Morgan fingerprint density at radius 2 is 1.66 bits per heavy atom. The molecule has 6 nitrogen and oxygen atoms in total. The van der Waals surface area contributed by atoms with Crippen molar-refractivity contribution in [2.24, 2.45) is 0 Å². The Balaban J connectivity index is 1.66. The van der Waals surface area contributed by atoms with Gasteiger partial charge >= 0.3 is 6.03 Å². The van der Waals surface area contributed by atoms with E-state index in [1.807, 2.05) is 19.1 Å². The largest absolute Gasteiger partial charge is 0.496 e. The molecule has 0 aliphatic carbocycles. The fourth-order valence-corrected chi connectivity index (χ4v) is 4.34. The van der Waals surface area contributed by atoms with Gasteiger partial charge in [-0.05, 0) is 67.3 Å². The predicted molar refractivity (Wildman–Crippen MR) is 137 cm³/mol. The van der Waals surface area contributed by atoms with Gasteiger partial charge in [-0.3, -0.25) is 14.9 Å². The van der Waals surface area contributed by atoms with E-state index in [1.54, 1.807) is 25.3 Å². The summed E-state index contributed by atoms with van der Waals surface area (Å²) in [6, 6.07) is 15.9. The van der Waals surface area contributed by atoms with Crippen molar-refractivity contribution < 1.29 is 19.1 Å². The Hall–Kier alpha value is -3.90. The summed E-state index contributed by atoms with van der Waals surface area (Å²) in [5.74, 6) is -0.842. The first-order chi connectivity index (χ1) is 16.7. The number of anilines is 1.